The van der Waals surface area contributed by atoms with Crippen LogP contribution in [0.25, 0.3) is 11.1 Å². The molecule has 4 rings (SSSR count). The van der Waals surface area contributed by atoms with E-state index in [-0.39, 0.29) is 48.5 Å². The van der Waals surface area contributed by atoms with Gasteiger partial charge in [0, 0.05) is 62.3 Å². The summed E-state index contributed by atoms with van der Waals surface area (Å²) in [6.07, 6.45) is -2.02. The van der Waals surface area contributed by atoms with Gasteiger partial charge >= 0.3 is 12.4 Å². The SMILES string of the molecule is CCC1CC(N(Cc2cc(C(F)(F)F)cc(C(F)(F)F)c2)c2ncc(-c3cnn(C)c3)cn2)CN1C(=O)CC(C)C. The van der Waals surface area contributed by atoms with Gasteiger partial charge in [-0.15, -0.1) is 0 Å². The Morgan fingerprint density at radius 1 is 1.00 bits per heavy atom. The van der Waals surface area contributed by atoms with Gasteiger partial charge in [0.2, 0.25) is 11.9 Å². The minimum Gasteiger partial charge on any atom is -0.338 e. The molecule has 1 saturated heterocycles. The first-order valence-corrected chi connectivity index (χ1v) is 13.3. The molecule has 3 aromatic rings. The summed E-state index contributed by atoms with van der Waals surface area (Å²) in [5.41, 5.74) is -1.57. The summed E-state index contributed by atoms with van der Waals surface area (Å²) >= 11 is 0. The van der Waals surface area contributed by atoms with E-state index in [2.05, 4.69) is 15.1 Å². The molecule has 0 bridgehead atoms. The Hall–Kier alpha value is -3.64. The Morgan fingerprint density at radius 3 is 2.10 bits per heavy atom. The maximum Gasteiger partial charge on any atom is 0.416 e. The molecule has 7 nitrogen and oxygen atoms in total. The van der Waals surface area contributed by atoms with Gasteiger partial charge in [0.25, 0.3) is 0 Å². The number of hydrogen-bond donors (Lipinski definition) is 0. The van der Waals surface area contributed by atoms with Crippen molar-refractivity contribution < 1.29 is 31.1 Å². The van der Waals surface area contributed by atoms with E-state index in [0.717, 1.165) is 17.7 Å². The highest BCUT2D eigenvalue weighted by atomic mass is 19.4. The lowest BCUT2D eigenvalue weighted by Crippen LogP contribution is -2.40. The van der Waals surface area contributed by atoms with Gasteiger partial charge in [-0.1, -0.05) is 20.8 Å². The third kappa shape index (κ3) is 7.17. The van der Waals surface area contributed by atoms with Crippen molar-refractivity contribution in [3.05, 3.63) is 59.7 Å². The van der Waals surface area contributed by atoms with Crippen molar-refractivity contribution in [1.82, 2.24) is 24.6 Å². The Balaban J connectivity index is 1.74. The van der Waals surface area contributed by atoms with Crippen LogP contribution < -0.4 is 4.90 Å². The van der Waals surface area contributed by atoms with Crippen LogP contribution in [0.15, 0.2) is 43.0 Å². The number of amides is 1. The number of alkyl halides is 6. The normalized spacial score (nSPS) is 17.9. The van der Waals surface area contributed by atoms with Crippen LogP contribution in [0, 0.1) is 5.92 Å². The third-order valence-corrected chi connectivity index (χ3v) is 7.14. The molecule has 0 spiro atoms. The maximum absolute atomic E-state index is 13.6. The fourth-order valence-electron chi connectivity index (χ4n) is 5.14. The molecule has 2 atom stereocenters. The zero-order valence-corrected chi connectivity index (χ0v) is 23.2. The van der Waals surface area contributed by atoms with E-state index in [4.69, 9.17) is 0 Å². The number of anilines is 1. The van der Waals surface area contributed by atoms with E-state index in [1.54, 1.807) is 33.9 Å². The molecule has 2 aromatic heterocycles. The number of aromatic nitrogens is 4. The highest BCUT2D eigenvalue weighted by molar-refractivity contribution is 5.77. The van der Waals surface area contributed by atoms with Gasteiger partial charge in [0.15, 0.2) is 0 Å². The average Bonchev–Trinajstić information content (AvgIpc) is 3.52. The molecule has 1 aromatic carbocycles. The van der Waals surface area contributed by atoms with Crippen molar-refractivity contribution in [3.63, 3.8) is 0 Å². The molecule has 3 heterocycles. The first-order chi connectivity index (χ1) is 19.2. The third-order valence-electron chi connectivity index (χ3n) is 7.14. The minimum absolute atomic E-state index is 0.0411. The van der Waals surface area contributed by atoms with Crippen LogP contribution >= 0.6 is 0 Å². The number of halogens is 6. The average molecular weight is 583 g/mol. The summed E-state index contributed by atoms with van der Waals surface area (Å²) in [7, 11) is 1.75. The van der Waals surface area contributed by atoms with Crippen LogP contribution in [0.5, 0.6) is 0 Å². The summed E-state index contributed by atoms with van der Waals surface area (Å²) in [6.45, 7) is 5.74. The smallest absolute Gasteiger partial charge is 0.338 e. The Kier molecular flexibility index (Phi) is 8.65. The van der Waals surface area contributed by atoms with Crippen molar-refractivity contribution in [1.29, 1.82) is 0 Å². The number of carbonyl (C=O) groups excluding carboxylic acids is 1. The maximum atomic E-state index is 13.6. The van der Waals surface area contributed by atoms with Crippen molar-refractivity contribution in [2.45, 2.75) is 71.0 Å². The van der Waals surface area contributed by atoms with Gasteiger partial charge in [-0.3, -0.25) is 9.48 Å². The number of likely N-dealkylation sites (tertiary alicyclic amines) is 1. The van der Waals surface area contributed by atoms with E-state index in [0.29, 0.717) is 24.8 Å². The molecular formula is C28H32F6N6O. The molecule has 2 unspecified atom stereocenters. The van der Waals surface area contributed by atoms with Crippen LogP contribution in [-0.2, 0) is 30.7 Å². The quantitative estimate of drug-likeness (QED) is 0.290. The molecule has 1 aliphatic heterocycles. The first-order valence-electron chi connectivity index (χ1n) is 13.3. The van der Waals surface area contributed by atoms with Gasteiger partial charge in [0.1, 0.15) is 0 Å². The predicted molar refractivity (Wildman–Crippen MR) is 141 cm³/mol. The second-order valence-corrected chi connectivity index (χ2v) is 10.8. The summed E-state index contributed by atoms with van der Waals surface area (Å²) in [6, 6.07) is 1.00. The fourth-order valence-corrected chi connectivity index (χ4v) is 5.14. The highest BCUT2D eigenvalue weighted by Crippen LogP contribution is 2.37. The first kappa shape index (κ1) is 30.3. The zero-order valence-electron chi connectivity index (χ0n) is 23.2. The predicted octanol–water partition coefficient (Wildman–Crippen LogP) is 6.35. The molecule has 0 aliphatic carbocycles. The number of aryl methyl sites for hydroxylation is 1. The van der Waals surface area contributed by atoms with Gasteiger partial charge in [-0.25, -0.2) is 9.97 Å². The van der Waals surface area contributed by atoms with E-state index >= 15 is 0 Å². The standard InChI is InChI=1S/C28H32F6N6O/c1-5-23-10-24(16-39(23)25(41)6-17(2)3)40(26-35-11-19(12-36-26)20-13-37-38(4)15-20)14-18-7-21(27(29,30)31)9-22(8-18)28(32,33)34/h7-9,11-13,15,17,23-24H,5-6,10,14,16H2,1-4H3. The lowest BCUT2D eigenvalue weighted by Gasteiger charge is -2.30. The number of rotatable bonds is 8. The molecule has 1 fully saturated rings. The topological polar surface area (TPSA) is 67.2 Å². The Morgan fingerprint density at radius 2 is 1.61 bits per heavy atom. The van der Waals surface area contributed by atoms with Gasteiger partial charge < -0.3 is 9.80 Å². The van der Waals surface area contributed by atoms with Crippen LogP contribution in [-0.4, -0.2) is 49.2 Å². The number of hydrogen-bond acceptors (Lipinski definition) is 5. The molecule has 0 radical (unpaired) electrons. The summed E-state index contributed by atoms with van der Waals surface area (Å²) in [4.78, 5) is 25.3. The van der Waals surface area contributed by atoms with Crippen LogP contribution in [0.3, 0.4) is 0 Å². The Labute approximate surface area is 234 Å². The highest BCUT2D eigenvalue weighted by Gasteiger charge is 2.40. The molecule has 13 heteroatoms. The lowest BCUT2D eigenvalue weighted by molar-refractivity contribution is -0.143. The van der Waals surface area contributed by atoms with E-state index in [1.807, 2.05) is 20.8 Å². The summed E-state index contributed by atoms with van der Waals surface area (Å²) < 4.78 is 83.1. The van der Waals surface area contributed by atoms with Crippen molar-refractivity contribution in [2.75, 3.05) is 11.4 Å². The number of nitrogens with zero attached hydrogens (tertiary/aromatic N) is 6. The number of benzene rings is 1. The lowest BCUT2D eigenvalue weighted by atomic mass is 10.0. The van der Waals surface area contributed by atoms with Crippen molar-refractivity contribution in [2.24, 2.45) is 13.0 Å². The van der Waals surface area contributed by atoms with Crippen molar-refractivity contribution >= 4 is 11.9 Å². The van der Waals surface area contributed by atoms with Crippen molar-refractivity contribution in [3.8, 4) is 11.1 Å². The second kappa shape index (κ2) is 11.7. The monoisotopic (exact) mass is 582 g/mol. The van der Waals surface area contributed by atoms with Crippen LogP contribution in [0.1, 0.15) is 56.7 Å². The molecule has 222 valence electrons. The fraction of sp³-hybridized carbons (Fsp3) is 0.500. The molecule has 41 heavy (non-hydrogen) atoms. The Bertz CT molecular complexity index is 1320. The molecule has 1 amide bonds. The van der Waals surface area contributed by atoms with E-state index < -0.39 is 29.5 Å². The molecule has 1 aliphatic rings. The molecular weight excluding hydrogens is 550 g/mol. The van der Waals surface area contributed by atoms with Gasteiger partial charge in [-0.2, -0.15) is 31.4 Å². The second-order valence-electron chi connectivity index (χ2n) is 10.8. The summed E-state index contributed by atoms with van der Waals surface area (Å²) in [5.74, 6) is 0.228. The van der Waals surface area contributed by atoms with Gasteiger partial charge in [0.05, 0.1) is 23.4 Å². The molecule has 0 saturated carbocycles. The minimum atomic E-state index is -4.97. The summed E-state index contributed by atoms with van der Waals surface area (Å²) in [5, 5.41) is 4.12. The van der Waals surface area contributed by atoms with Crippen LogP contribution in [0.4, 0.5) is 32.3 Å². The zero-order chi connectivity index (χ0) is 30.1. The molecule has 0 N–H and O–H groups in total. The van der Waals surface area contributed by atoms with E-state index in [9.17, 15) is 31.1 Å². The van der Waals surface area contributed by atoms with E-state index in [1.165, 1.54) is 12.4 Å². The van der Waals surface area contributed by atoms with Crippen LogP contribution in [0.2, 0.25) is 0 Å². The van der Waals surface area contributed by atoms with Gasteiger partial charge in [-0.05, 0) is 42.5 Å². The largest absolute Gasteiger partial charge is 0.416 e. The number of carbonyl (C=O) groups is 1.